The van der Waals surface area contributed by atoms with Crippen LogP contribution in [0, 0.1) is 6.92 Å². The van der Waals surface area contributed by atoms with Gasteiger partial charge in [-0.15, -0.1) is 0 Å². The van der Waals surface area contributed by atoms with Crippen molar-refractivity contribution in [2.24, 2.45) is 0 Å². The Morgan fingerprint density at radius 3 is 2.70 bits per heavy atom. The van der Waals surface area contributed by atoms with E-state index in [1.54, 1.807) is 6.26 Å². The Morgan fingerprint density at radius 2 is 2.10 bits per heavy atom. The average Bonchev–Trinajstić information content (AvgIpc) is 2.92. The molecule has 0 bridgehead atoms. The van der Waals surface area contributed by atoms with Gasteiger partial charge in [0.1, 0.15) is 0 Å². The molecule has 4 heteroatoms. The Labute approximate surface area is 119 Å². The van der Waals surface area contributed by atoms with E-state index in [-0.39, 0.29) is 11.9 Å². The Hall–Kier alpha value is -2.07. The highest BCUT2D eigenvalue weighted by Crippen LogP contribution is 2.09. The molecule has 0 aliphatic heterocycles. The van der Waals surface area contributed by atoms with Crippen molar-refractivity contribution in [1.29, 1.82) is 0 Å². The predicted molar refractivity (Wildman–Crippen MR) is 77.8 cm³/mol. The van der Waals surface area contributed by atoms with Crippen LogP contribution in [0.3, 0.4) is 0 Å². The number of likely N-dealkylation sites (N-methyl/N-ethyl adjacent to an activating group) is 1. The van der Waals surface area contributed by atoms with Crippen molar-refractivity contribution < 1.29 is 14.1 Å². The lowest BCUT2D eigenvalue weighted by Gasteiger charge is -2.19. The van der Waals surface area contributed by atoms with E-state index in [9.17, 15) is 4.79 Å². The summed E-state index contributed by atoms with van der Waals surface area (Å²) >= 11 is 0. The summed E-state index contributed by atoms with van der Waals surface area (Å²) in [7, 11) is 4.10. The summed E-state index contributed by atoms with van der Waals surface area (Å²) in [4.78, 5) is 13.4. The third-order valence-electron chi connectivity index (χ3n) is 3.33. The Morgan fingerprint density at radius 1 is 1.30 bits per heavy atom. The van der Waals surface area contributed by atoms with Gasteiger partial charge in [-0.1, -0.05) is 17.7 Å². The minimum atomic E-state index is -0.0495. The lowest BCUT2D eigenvalue weighted by atomic mass is 10.1. The van der Waals surface area contributed by atoms with Gasteiger partial charge in [0.25, 0.3) is 5.91 Å². The second kappa shape index (κ2) is 6.39. The van der Waals surface area contributed by atoms with E-state index in [0.717, 1.165) is 11.3 Å². The molecule has 1 amide bonds. The lowest BCUT2D eigenvalue weighted by Crippen LogP contribution is -3.07. The number of hydrogen-bond acceptors (Lipinski definition) is 2. The third-order valence-corrected chi connectivity index (χ3v) is 3.33. The van der Waals surface area contributed by atoms with Crippen LogP contribution in [0.1, 0.15) is 27.7 Å². The number of benzene rings is 1. The minimum Gasteiger partial charge on any atom is -0.463 e. The molecule has 1 heterocycles. The van der Waals surface area contributed by atoms with E-state index in [0.29, 0.717) is 12.1 Å². The lowest BCUT2D eigenvalue weighted by molar-refractivity contribution is -0.891. The molecule has 106 valence electrons. The topological polar surface area (TPSA) is 46.7 Å². The standard InChI is InChI=1S/C16H20N2O2/c1-12-6-4-7-13(10-12)16(19)17-11-14(18(2)3)15-8-5-9-20-15/h4-10,14H,11H2,1-3H3,(H,17,19)/p+1/t14-/m0/s1. The van der Waals surface area contributed by atoms with Crippen LogP contribution in [-0.4, -0.2) is 26.5 Å². The fourth-order valence-corrected chi connectivity index (χ4v) is 2.16. The van der Waals surface area contributed by atoms with E-state index in [4.69, 9.17) is 4.42 Å². The van der Waals surface area contributed by atoms with Gasteiger partial charge in [-0.3, -0.25) is 4.79 Å². The minimum absolute atomic E-state index is 0.0495. The van der Waals surface area contributed by atoms with E-state index < -0.39 is 0 Å². The normalized spacial score (nSPS) is 12.4. The number of rotatable bonds is 5. The fraction of sp³-hybridized carbons (Fsp3) is 0.312. The van der Waals surface area contributed by atoms with Crippen molar-refractivity contribution in [2.45, 2.75) is 13.0 Å². The maximum Gasteiger partial charge on any atom is 0.251 e. The zero-order chi connectivity index (χ0) is 14.5. The first kappa shape index (κ1) is 14.3. The van der Waals surface area contributed by atoms with Crippen LogP contribution in [0.4, 0.5) is 0 Å². The van der Waals surface area contributed by atoms with Gasteiger partial charge in [-0.2, -0.15) is 0 Å². The first-order valence-electron chi connectivity index (χ1n) is 6.76. The van der Waals surface area contributed by atoms with Gasteiger partial charge in [0.05, 0.1) is 26.9 Å². The second-order valence-corrected chi connectivity index (χ2v) is 5.22. The molecule has 0 aliphatic rings. The van der Waals surface area contributed by atoms with Gasteiger partial charge in [0.15, 0.2) is 11.8 Å². The summed E-state index contributed by atoms with van der Waals surface area (Å²) in [5, 5.41) is 2.98. The molecule has 2 aromatic rings. The van der Waals surface area contributed by atoms with Crippen LogP contribution in [0.5, 0.6) is 0 Å². The highest BCUT2D eigenvalue weighted by atomic mass is 16.3. The number of furan rings is 1. The van der Waals surface area contributed by atoms with Crippen LogP contribution in [0.25, 0.3) is 0 Å². The number of amides is 1. The Balaban J connectivity index is 2.01. The zero-order valence-corrected chi connectivity index (χ0v) is 12.1. The molecule has 0 saturated heterocycles. The predicted octanol–water partition coefficient (Wildman–Crippen LogP) is 1.20. The summed E-state index contributed by atoms with van der Waals surface area (Å²) in [5.41, 5.74) is 1.77. The Bertz CT molecular complexity index is 562. The van der Waals surface area contributed by atoms with E-state index in [1.807, 2.05) is 57.4 Å². The second-order valence-electron chi connectivity index (χ2n) is 5.22. The summed E-state index contributed by atoms with van der Waals surface area (Å²) in [5.74, 6) is 0.834. The first-order valence-corrected chi connectivity index (χ1v) is 6.76. The molecule has 0 saturated carbocycles. The molecule has 1 atom stereocenters. The molecule has 2 rings (SSSR count). The quantitative estimate of drug-likeness (QED) is 0.860. The molecule has 4 nitrogen and oxygen atoms in total. The van der Waals surface area contributed by atoms with E-state index >= 15 is 0 Å². The SMILES string of the molecule is Cc1cccc(C(=O)NC[C@@H](c2ccco2)[NH+](C)C)c1. The molecule has 0 fully saturated rings. The monoisotopic (exact) mass is 273 g/mol. The van der Waals surface area contributed by atoms with Crippen molar-refractivity contribution in [3.8, 4) is 0 Å². The van der Waals surface area contributed by atoms with Crippen LogP contribution < -0.4 is 10.2 Å². The summed E-state index contributed by atoms with van der Waals surface area (Å²) < 4.78 is 5.44. The summed E-state index contributed by atoms with van der Waals surface area (Å²) in [6.07, 6.45) is 1.66. The number of hydrogen-bond donors (Lipinski definition) is 2. The van der Waals surface area contributed by atoms with Crippen LogP contribution in [-0.2, 0) is 0 Å². The van der Waals surface area contributed by atoms with E-state index in [1.165, 1.54) is 4.90 Å². The molecule has 0 unspecified atom stereocenters. The molecule has 0 aliphatic carbocycles. The molecule has 1 aromatic carbocycles. The van der Waals surface area contributed by atoms with E-state index in [2.05, 4.69) is 5.32 Å². The summed E-state index contributed by atoms with van der Waals surface area (Å²) in [6.45, 7) is 2.52. The van der Waals surface area contributed by atoms with Crippen LogP contribution in [0.2, 0.25) is 0 Å². The molecule has 2 N–H and O–H groups in total. The van der Waals surface area contributed by atoms with Crippen molar-refractivity contribution in [3.63, 3.8) is 0 Å². The maximum atomic E-state index is 12.1. The smallest absolute Gasteiger partial charge is 0.251 e. The number of carbonyl (C=O) groups is 1. The highest BCUT2D eigenvalue weighted by Gasteiger charge is 2.21. The van der Waals surface area contributed by atoms with Gasteiger partial charge >= 0.3 is 0 Å². The van der Waals surface area contributed by atoms with Gasteiger partial charge in [-0.05, 0) is 31.2 Å². The van der Waals surface area contributed by atoms with Gasteiger partial charge < -0.3 is 14.6 Å². The molecular formula is C16H21N2O2+. The van der Waals surface area contributed by atoms with Crippen molar-refractivity contribution in [3.05, 3.63) is 59.5 Å². The van der Waals surface area contributed by atoms with Crippen molar-refractivity contribution in [2.75, 3.05) is 20.6 Å². The molecule has 20 heavy (non-hydrogen) atoms. The number of carbonyl (C=O) groups excluding carboxylic acids is 1. The van der Waals surface area contributed by atoms with Gasteiger partial charge in [-0.25, -0.2) is 0 Å². The van der Waals surface area contributed by atoms with Crippen LogP contribution in [0.15, 0.2) is 47.1 Å². The van der Waals surface area contributed by atoms with Crippen molar-refractivity contribution >= 4 is 5.91 Å². The Kier molecular flexibility index (Phi) is 4.58. The third kappa shape index (κ3) is 3.48. The average molecular weight is 273 g/mol. The highest BCUT2D eigenvalue weighted by molar-refractivity contribution is 5.94. The largest absolute Gasteiger partial charge is 0.463 e. The maximum absolute atomic E-state index is 12.1. The fourth-order valence-electron chi connectivity index (χ4n) is 2.16. The number of nitrogens with one attached hydrogen (secondary N) is 2. The molecule has 0 spiro atoms. The molecular weight excluding hydrogens is 252 g/mol. The van der Waals surface area contributed by atoms with Crippen LogP contribution >= 0.6 is 0 Å². The van der Waals surface area contributed by atoms with Crippen molar-refractivity contribution in [1.82, 2.24) is 5.32 Å². The van der Waals surface area contributed by atoms with Gasteiger partial charge in [0.2, 0.25) is 0 Å². The molecule has 0 radical (unpaired) electrons. The molecule has 1 aromatic heterocycles. The van der Waals surface area contributed by atoms with Gasteiger partial charge in [0, 0.05) is 5.56 Å². The number of aryl methyl sites for hydroxylation is 1. The number of quaternary nitrogens is 1. The zero-order valence-electron chi connectivity index (χ0n) is 12.1. The first-order chi connectivity index (χ1) is 9.58. The summed E-state index contributed by atoms with van der Waals surface area (Å²) in [6, 6.07) is 11.5.